The molecule has 0 radical (unpaired) electrons. The number of anilines is 2. The van der Waals surface area contributed by atoms with Crippen molar-refractivity contribution in [1.82, 2.24) is 14.9 Å². The number of methoxy groups -OCH3 is 1. The van der Waals surface area contributed by atoms with Crippen LogP contribution in [-0.4, -0.2) is 46.4 Å². The van der Waals surface area contributed by atoms with E-state index in [0.29, 0.717) is 22.8 Å². The highest BCUT2D eigenvalue weighted by Gasteiger charge is 2.27. The molecule has 0 bridgehead atoms. The van der Waals surface area contributed by atoms with E-state index in [9.17, 15) is 9.59 Å². The molecule has 1 saturated heterocycles. The summed E-state index contributed by atoms with van der Waals surface area (Å²) < 4.78 is 4.72. The van der Waals surface area contributed by atoms with Crippen molar-refractivity contribution in [2.45, 2.75) is 38.6 Å². The highest BCUT2D eigenvalue weighted by Crippen LogP contribution is 2.22. The molecular weight excluding hydrogens is 344 g/mol. The van der Waals surface area contributed by atoms with E-state index >= 15 is 0 Å². The van der Waals surface area contributed by atoms with Crippen molar-refractivity contribution in [3.05, 3.63) is 47.9 Å². The fraction of sp³-hybridized carbons (Fsp3) is 0.400. The number of benzene rings is 1. The average molecular weight is 368 g/mol. The Bertz CT molecular complexity index is 807. The molecule has 27 heavy (non-hydrogen) atoms. The number of rotatable bonds is 5. The van der Waals surface area contributed by atoms with Gasteiger partial charge >= 0.3 is 5.97 Å². The zero-order valence-electron chi connectivity index (χ0n) is 15.6. The molecule has 1 aromatic carbocycles. The number of likely N-dealkylation sites (tertiary alicyclic amines) is 1. The molecule has 1 unspecified atom stereocenters. The first-order chi connectivity index (χ1) is 13.1. The summed E-state index contributed by atoms with van der Waals surface area (Å²) in [4.78, 5) is 34.9. The van der Waals surface area contributed by atoms with E-state index in [4.69, 9.17) is 4.74 Å². The quantitative estimate of drug-likeness (QED) is 0.814. The van der Waals surface area contributed by atoms with Gasteiger partial charge in [-0.05, 0) is 43.9 Å². The van der Waals surface area contributed by atoms with E-state index in [0.717, 1.165) is 25.8 Å². The molecule has 2 heterocycles. The summed E-state index contributed by atoms with van der Waals surface area (Å²) >= 11 is 0. The molecule has 1 amide bonds. The molecule has 1 N–H and O–H groups in total. The van der Waals surface area contributed by atoms with Crippen LogP contribution in [0.25, 0.3) is 0 Å². The second-order valence-corrected chi connectivity index (χ2v) is 6.54. The number of hydrogen-bond acceptors (Lipinski definition) is 6. The molecule has 1 aliphatic rings. The van der Waals surface area contributed by atoms with Gasteiger partial charge in [-0.25, -0.2) is 14.8 Å². The highest BCUT2D eigenvalue weighted by atomic mass is 16.5. The first kappa shape index (κ1) is 18.8. The monoisotopic (exact) mass is 368 g/mol. The van der Waals surface area contributed by atoms with Crippen LogP contribution >= 0.6 is 0 Å². The summed E-state index contributed by atoms with van der Waals surface area (Å²) in [5.41, 5.74) is 1.48. The minimum absolute atomic E-state index is 0.0618. The number of nitrogens with one attached hydrogen (secondary N) is 1. The van der Waals surface area contributed by atoms with Gasteiger partial charge in [-0.3, -0.25) is 4.79 Å². The van der Waals surface area contributed by atoms with Crippen molar-refractivity contribution in [3.63, 3.8) is 0 Å². The Hall–Kier alpha value is -2.96. The summed E-state index contributed by atoms with van der Waals surface area (Å²) in [6, 6.07) is 7.19. The van der Waals surface area contributed by atoms with Gasteiger partial charge in [0.15, 0.2) is 0 Å². The number of esters is 1. The normalized spacial score (nSPS) is 16.7. The number of piperidine rings is 1. The van der Waals surface area contributed by atoms with Crippen LogP contribution in [0.1, 0.15) is 53.5 Å². The van der Waals surface area contributed by atoms with Crippen molar-refractivity contribution in [2.24, 2.45) is 0 Å². The third-order valence-corrected chi connectivity index (χ3v) is 4.79. The summed E-state index contributed by atoms with van der Waals surface area (Å²) in [6.07, 6.45) is 7.23. The van der Waals surface area contributed by atoms with E-state index in [1.54, 1.807) is 18.2 Å². The highest BCUT2D eigenvalue weighted by molar-refractivity contribution is 5.92. The first-order valence-corrected chi connectivity index (χ1v) is 9.20. The van der Waals surface area contributed by atoms with Gasteiger partial charge in [0.1, 0.15) is 11.5 Å². The molecule has 2 aromatic rings. The minimum atomic E-state index is -0.405. The van der Waals surface area contributed by atoms with Crippen LogP contribution in [0.4, 0.5) is 11.5 Å². The lowest BCUT2D eigenvalue weighted by Gasteiger charge is -2.34. The lowest BCUT2D eigenvalue weighted by atomic mass is 10.00. The number of amides is 1. The molecular formula is C20H24N4O3. The Balaban J connectivity index is 1.70. The maximum absolute atomic E-state index is 12.7. The molecule has 1 fully saturated rings. The summed E-state index contributed by atoms with van der Waals surface area (Å²) in [5, 5.41) is 3.08. The Morgan fingerprint density at radius 2 is 2.11 bits per heavy atom. The van der Waals surface area contributed by atoms with Gasteiger partial charge in [0.05, 0.1) is 25.1 Å². The largest absolute Gasteiger partial charge is 0.465 e. The predicted octanol–water partition coefficient (Wildman–Crippen LogP) is 3.41. The Labute approximate surface area is 158 Å². The SMILES string of the molecule is CCC1CCCCN1C(=O)c1cnc(Nc2cccc(C(=O)OC)c2)cn1. The van der Waals surface area contributed by atoms with Gasteiger partial charge in [-0.1, -0.05) is 13.0 Å². The van der Waals surface area contributed by atoms with Crippen LogP contribution in [0.3, 0.4) is 0 Å². The van der Waals surface area contributed by atoms with Gasteiger partial charge < -0.3 is 15.0 Å². The van der Waals surface area contributed by atoms with Crippen molar-refractivity contribution >= 4 is 23.4 Å². The third kappa shape index (κ3) is 4.42. The van der Waals surface area contributed by atoms with Gasteiger partial charge in [0.25, 0.3) is 5.91 Å². The number of hydrogen-bond donors (Lipinski definition) is 1. The first-order valence-electron chi connectivity index (χ1n) is 9.20. The van der Waals surface area contributed by atoms with E-state index < -0.39 is 5.97 Å². The van der Waals surface area contributed by atoms with Crippen molar-refractivity contribution in [1.29, 1.82) is 0 Å². The molecule has 0 aliphatic carbocycles. The van der Waals surface area contributed by atoms with Crippen molar-refractivity contribution in [3.8, 4) is 0 Å². The van der Waals surface area contributed by atoms with Crippen LogP contribution in [0.15, 0.2) is 36.7 Å². The fourth-order valence-electron chi connectivity index (χ4n) is 3.33. The van der Waals surface area contributed by atoms with Gasteiger partial charge in [-0.2, -0.15) is 0 Å². The molecule has 1 atom stereocenters. The van der Waals surface area contributed by atoms with Crippen molar-refractivity contribution in [2.75, 3.05) is 19.0 Å². The lowest BCUT2D eigenvalue weighted by Crippen LogP contribution is -2.43. The number of nitrogens with zero attached hydrogens (tertiary/aromatic N) is 3. The molecule has 7 heteroatoms. The molecule has 1 aliphatic heterocycles. The van der Waals surface area contributed by atoms with E-state index in [2.05, 4.69) is 22.2 Å². The van der Waals surface area contributed by atoms with E-state index in [-0.39, 0.29) is 11.9 Å². The topological polar surface area (TPSA) is 84.4 Å². The van der Waals surface area contributed by atoms with Crippen LogP contribution < -0.4 is 5.32 Å². The molecule has 3 rings (SSSR count). The standard InChI is InChI=1S/C20H24N4O3/c1-3-16-9-4-5-10-24(16)19(25)17-12-22-18(13-21-17)23-15-8-6-7-14(11-15)20(26)27-2/h6-8,11-13,16H,3-5,9-10H2,1-2H3,(H,22,23). The maximum atomic E-state index is 12.7. The zero-order valence-corrected chi connectivity index (χ0v) is 15.6. The minimum Gasteiger partial charge on any atom is -0.465 e. The summed E-state index contributed by atoms with van der Waals surface area (Å²) in [7, 11) is 1.34. The second-order valence-electron chi connectivity index (χ2n) is 6.54. The summed E-state index contributed by atoms with van der Waals surface area (Å²) in [5.74, 6) is 0.0326. The van der Waals surface area contributed by atoms with Crippen LogP contribution in [0, 0.1) is 0 Å². The van der Waals surface area contributed by atoms with Crippen LogP contribution in [0.2, 0.25) is 0 Å². The summed E-state index contributed by atoms with van der Waals surface area (Å²) in [6.45, 7) is 2.89. The smallest absolute Gasteiger partial charge is 0.337 e. The van der Waals surface area contributed by atoms with Crippen LogP contribution in [0.5, 0.6) is 0 Å². The maximum Gasteiger partial charge on any atom is 0.337 e. The molecule has 142 valence electrons. The lowest BCUT2D eigenvalue weighted by molar-refractivity contribution is 0.0593. The Morgan fingerprint density at radius 1 is 1.26 bits per heavy atom. The number of carbonyl (C=O) groups is 2. The predicted molar refractivity (Wildman–Crippen MR) is 102 cm³/mol. The number of ether oxygens (including phenoxy) is 1. The number of aromatic nitrogens is 2. The van der Waals surface area contributed by atoms with Gasteiger partial charge in [0.2, 0.25) is 0 Å². The molecule has 0 saturated carbocycles. The molecule has 7 nitrogen and oxygen atoms in total. The Kier molecular flexibility index (Phi) is 6.01. The fourth-order valence-corrected chi connectivity index (χ4v) is 3.33. The average Bonchev–Trinajstić information content (AvgIpc) is 2.73. The zero-order chi connectivity index (χ0) is 19.2. The van der Waals surface area contributed by atoms with E-state index in [1.165, 1.54) is 25.9 Å². The van der Waals surface area contributed by atoms with Gasteiger partial charge in [0, 0.05) is 18.3 Å². The van der Waals surface area contributed by atoms with Crippen molar-refractivity contribution < 1.29 is 14.3 Å². The van der Waals surface area contributed by atoms with Gasteiger partial charge in [-0.15, -0.1) is 0 Å². The third-order valence-electron chi connectivity index (χ3n) is 4.79. The Morgan fingerprint density at radius 3 is 2.81 bits per heavy atom. The second kappa shape index (κ2) is 8.62. The molecule has 0 spiro atoms. The van der Waals surface area contributed by atoms with E-state index in [1.807, 2.05) is 11.0 Å². The number of carbonyl (C=O) groups excluding carboxylic acids is 2. The molecule has 1 aromatic heterocycles. The van der Waals surface area contributed by atoms with Crippen LogP contribution in [-0.2, 0) is 4.74 Å².